The molecule has 7 heteroatoms. The van der Waals surface area contributed by atoms with Crippen LogP contribution in [0.1, 0.15) is 33.7 Å². The van der Waals surface area contributed by atoms with E-state index in [9.17, 15) is 18.4 Å². The molecule has 0 atom stereocenters. The van der Waals surface area contributed by atoms with Crippen LogP contribution >= 0.6 is 0 Å². The van der Waals surface area contributed by atoms with Gasteiger partial charge in [-0.1, -0.05) is 0 Å². The highest BCUT2D eigenvalue weighted by Gasteiger charge is 2.46. The maximum Gasteiger partial charge on any atom is 0.337 e. The molecule has 1 heterocycles. The van der Waals surface area contributed by atoms with Crippen LogP contribution < -0.4 is 5.32 Å². The molecule has 1 aromatic rings. The molecule has 1 aromatic heterocycles. The Balaban J connectivity index is 2.02. The van der Waals surface area contributed by atoms with Gasteiger partial charge in [-0.25, -0.2) is 13.6 Å². The SMILES string of the molecule is COC(=O)c1ccnc(C(=O)NC2CC(F)(F)C2)c1. The zero-order valence-corrected chi connectivity index (χ0v) is 10.2. The molecule has 0 aromatic carbocycles. The molecule has 19 heavy (non-hydrogen) atoms. The lowest BCUT2D eigenvalue weighted by Crippen LogP contribution is -2.50. The van der Waals surface area contributed by atoms with E-state index in [1.165, 1.54) is 25.4 Å². The lowest BCUT2D eigenvalue weighted by molar-refractivity contribution is -0.0901. The quantitative estimate of drug-likeness (QED) is 0.843. The van der Waals surface area contributed by atoms with Gasteiger partial charge in [0.2, 0.25) is 0 Å². The van der Waals surface area contributed by atoms with Gasteiger partial charge in [-0.3, -0.25) is 9.78 Å². The minimum Gasteiger partial charge on any atom is -0.465 e. The Hall–Kier alpha value is -2.05. The Labute approximate surface area is 108 Å². The number of hydrogen-bond acceptors (Lipinski definition) is 4. The van der Waals surface area contributed by atoms with E-state index in [1.807, 2.05) is 0 Å². The van der Waals surface area contributed by atoms with E-state index < -0.39 is 23.8 Å². The summed E-state index contributed by atoms with van der Waals surface area (Å²) < 4.78 is 29.8. The molecule has 5 nitrogen and oxygen atoms in total. The van der Waals surface area contributed by atoms with Gasteiger partial charge >= 0.3 is 5.97 Å². The minimum absolute atomic E-state index is 0.00174. The van der Waals surface area contributed by atoms with Gasteiger partial charge in [0.25, 0.3) is 11.8 Å². The van der Waals surface area contributed by atoms with Crippen LogP contribution in [0.3, 0.4) is 0 Å². The number of carbonyl (C=O) groups excluding carboxylic acids is 2. The first-order chi connectivity index (χ1) is 8.91. The second kappa shape index (κ2) is 4.91. The standard InChI is InChI=1S/C12H12F2N2O3/c1-19-11(18)7-2-3-15-9(4-7)10(17)16-8-5-12(13,14)6-8/h2-4,8H,5-6H2,1H3,(H,16,17). The molecule has 1 aliphatic rings. The fourth-order valence-electron chi connectivity index (χ4n) is 1.82. The first-order valence-corrected chi connectivity index (χ1v) is 5.64. The smallest absolute Gasteiger partial charge is 0.337 e. The van der Waals surface area contributed by atoms with Crippen molar-refractivity contribution < 1.29 is 23.1 Å². The third-order valence-corrected chi connectivity index (χ3v) is 2.84. The molecule has 0 unspecified atom stereocenters. The summed E-state index contributed by atoms with van der Waals surface area (Å²) in [5.74, 6) is -3.86. The number of nitrogens with zero attached hydrogens (tertiary/aromatic N) is 1. The van der Waals surface area contributed by atoms with Gasteiger partial charge in [-0.15, -0.1) is 0 Å². The first-order valence-electron chi connectivity index (χ1n) is 5.64. The number of alkyl halides is 2. The summed E-state index contributed by atoms with van der Waals surface area (Å²) in [7, 11) is 1.22. The van der Waals surface area contributed by atoms with E-state index in [-0.39, 0.29) is 24.1 Å². The van der Waals surface area contributed by atoms with Gasteiger partial charge in [0.05, 0.1) is 12.7 Å². The largest absolute Gasteiger partial charge is 0.465 e. The third kappa shape index (κ3) is 3.04. The average Bonchev–Trinajstić information content (AvgIpc) is 2.35. The van der Waals surface area contributed by atoms with Crippen molar-refractivity contribution >= 4 is 11.9 Å². The molecule has 1 saturated carbocycles. The van der Waals surface area contributed by atoms with E-state index in [0.717, 1.165) is 0 Å². The number of pyridine rings is 1. The van der Waals surface area contributed by atoms with Crippen molar-refractivity contribution in [1.82, 2.24) is 10.3 Å². The number of aromatic nitrogens is 1. The Kier molecular flexibility index (Phi) is 3.46. The zero-order chi connectivity index (χ0) is 14.0. The number of hydrogen-bond donors (Lipinski definition) is 1. The van der Waals surface area contributed by atoms with Crippen molar-refractivity contribution in [1.29, 1.82) is 0 Å². The molecule has 2 rings (SSSR count). The molecule has 0 bridgehead atoms. The van der Waals surface area contributed by atoms with Gasteiger partial charge < -0.3 is 10.1 Å². The van der Waals surface area contributed by atoms with Crippen LogP contribution in [0.25, 0.3) is 0 Å². The number of nitrogens with one attached hydrogen (secondary N) is 1. The number of halogens is 2. The fraction of sp³-hybridized carbons (Fsp3) is 0.417. The van der Waals surface area contributed by atoms with Crippen LogP contribution in [0.5, 0.6) is 0 Å². The lowest BCUT2D eigenvalue weighted by Gasteiger charge is -2.35. The maximum absolute atomic E-state index is 12.6. The molecule has 0 radical (unpaired) electrons. The van der Waals surface area contributed by atoms with Crippen molar-refractivity contribution in [2.75, 3.05) is 7.11 Å². The van der Waals surface area contributed by atoms with Crippen LogP contribution in [0.2, 0.25) is 0 Å². The van der Waals surface area contributed by atoms with Crippen molar-refractivity contribution in [2.24, 2.45) is 0 Å². The van der Waals surface area contributed by atoms with Crippen LogP contribution in [0, 0.1) is 0 Å². The molecule has 0 aliphatic heterocycles. The van der Waals surface area contributed by atoms with Crippen molar-refractivity contribution in [2.45, 2.75) is 24.8 Å². The molecular weight excluding hydrogens is 258 g/mol. The fourth-order valence-corrected chi connectivity index (χ4v) is 1.82. The number of rotatable bonds is 3. The van der Waals surface area contributed by atoms with Crippen molar-refractivity contribution in [3.63, 3.8) is 0 Å². The molecule has 1 amide bonds. The van der Waals surface area contributed by atoms with E-state index in [1.54, 1.807) is 0 Å². The van der Waals surface area contributed by atoms with Gasteiger partial charge in [0, 0.05) is 25.1 Å². The zero-order valence-electron chi connectivity index (χ0n) is 10.2. The summed E-state index contributed by atoms with van der Waals surface area (Å²) in [5, 5.41) is 2.44. The molecule has 102 valence electrons. The number of methoxy groups -OCH3 is 1. The van der Waals surface area contributed by atoms with Crippen LogP contribution in [0.15, 0.2) is 18.3 Å². The molecule has 0 spiro atoms. The van der Waals surface area contributed by atoms with Gasteiger partial charge in [0.1, 0.15) is 5.69 Å². The number of amides is 1. The highest BCUT2D eigenvalue weighted by Crippen LogP contribution is 2.37. The summed E-state index contributed by atoms with van der Waals surface area (Å²) in [6.07, 6.45) is 0.557. The monoisotopic (exact) mass is 270 g/mol. The second-order valence-corrected chi connectivity index (χ2v) is 4.36. The predicted octanol–water partition coefficient (Wildman–Crippen LogP) is 1.40. The van der Waals surface area contributed by atoms with E-state index in [0.29, 0.717) is 0 Å². The summed E-state index contributed by atoms with van der Waals surface area (Å²) in [4.78, 5) is 26.8. The second-order valence-electron chi connectivity index (χ2n) is 4.36. The highest BCUT2D eigenvalue weighted by molar-refractivity contribution is 5.96. The Morgan fingerprint density at radius 2 is 2.16 bits per heavy atom. The first kappa shape index (κ1) is 13.4. The van der Waals surface area contributed by atoms with Gasteiger partial charge in [0.15, 0.2) is 0 Å². The van der Waals surface area contributed by atoms with E-state index >= 15 is 0 Å². The third-order valence-electron chi connectivity index (χ3n) is 2.84. The molecule has 0 saturated heterocycles. The topological polar surface area (TPSA) is 68.3 Å². The molecule has 1 N–H and O–H groups in total. The summed E-state index contributed by atoms with van der Waals surface area (Å²) >= 11 is 0. The molecule has 1 fully saturated rings. The normalized spacial score (nSPS) is 17.4. The minimum atomic E-state index is -2.70. The van der Waals surface area contributed by atoms with Crippen LogP contribution in [0.4, 0.5) is 8.78 Å². The van der Waals surface area contributed by atoms with Crippen molar-refractivity contribution in [3.05, 3.63) is 29.6 Å². The Morgan fingerprint density at radius 1 is 1.47 bits per heavy atom. The van der Waals surface area contributed by atoms with Crippen LogP contribution in [-0.2, 0) is 4.74 Å². The summed E-state index contributed by atoms with van der Waals surface area (Å²) in [6.45, 7) is 0. The average molecular weight is 270 g/mol. The Morgan fingerprint density at radius 3 is 2.74 bits per heavy atom. The van der Waals surface area contributed by atoms with Gasteiger partial charge in [-0.05, 0) is 12.1 Å². The van der Waals surface area contributed by atoms with E-state index in [2.05, 4.69) is 15.0 Å². The maximum atomic E-state index is 12.6. The van der Waals surface area contributed by atoms with E-state index in [4.69, 9.17) is 0 Å². The summed E-state index contributed by atoms with van der Waals surface area (Å²) in [5.41, 5.74) is 0.180. The molecule has 1 aliphatic carbocycles. The predicted molar refractivity (Wildman–Crippen MR) is 61.0 cm³/mol. The number of carbonyl (C=O) groups is 2. The van der Waals surface area contributed by atoms with Gasteiger partial charge in [-0.2, -0.15) is 0 Å². The molecular formula is C12H12F2N2O3. The van der Waals surface area contributed by atoms with Crippen LogP contribution in [-0.4, -0.2) is 35.9 Å². The Bertz CT molecular complexity index is 511. The number of esters is 1. The number of ether oxygens (including phenoxy) is 1. The lowest BCUT2D eigenvalue weighted by atomic mass is 9.88. The summed E-state index contributed by atoms with van der Waals surface area (Å²) in [6, 6.07) is 2.11. The highest BCUT2D eigenvalue weighted by atomic mass is 19.3. The van der Waals surface area contributed by atoms with Crippen molar-refractivity contribution in [3.8, 4) is 0 Å².